The molecule has 1 N–H and O–H groups in total. The maximum Gasteiger partial charge on any atom is 0.263 e. The number of anilines is 1. The Morgan fingerprint density at radius 3 is 2.50 bits per heavy atom. The van der Waals surface area contributed by atoms with Crippen LogP contribution in [-0.4, -0.2) is 8.42 Å². The molecule has 0 radical (unpaired) electrons. The first-order chi connectivity index (χ1) is 9.29. The van der Waals surface area contributed by atoms with E-state index in [4.69, 9.17) is 11.6 Å². The van der Waals surface area contributed by atoms with E-state index in [1.807, 2.05) is 0 Å². The van der Waals surface area contributed by atoms with Gasteiger partial charge in [0.15, 0.2) is 0 Å². The van der Waals surface area contributed by atoms with Gasteiger partial charge in [-0.3, -0.25) is 4.72 Å². The highest BCUT2D eigenvalue weighted by atomic mass is 79.9. The van der Waals surface area contributed by atoms with Crippen molar-refractivity contribution in [1.82, 2.24) is 0 Å². The number of halogens is 3. The molecule has 0 unspecified atom stereocenters. The van der Waals surface area contributed by atoms with Crippen LogP contribution in [0.4, 0.5) is 10.1 Å². The summed E-state index contributed by atoms with van der Waals surface area (Å²) < 4.78 is 40.9. The van der Waals surface area contributed by atoms with E-state index >= 15 is 0 Å². The second-order valence-electron chi connectivity index (χ2n) is 4.16. The molecule has 0 bridgehead atoms. The predicted octanol–water partition coefficient (Wildman–Crippen LogP) is 4.35. The second-order valence-corrected chi connectivity index (χ2v) is 7.14. The lowest BCUT2D eigenvalue weighted by atomic mass is 10.2. The van der Waals surface area contributed by atoms with Gasteiger partial charge in [-0.2, -0.15) is 0 Å². The van der Waals surface area contributed by atoms with Gasteiger partial charge in [0.05, 0.1) is 10.7 Å². The molecule has 0 aliphatic rings. The molecule has 0 heterocycles. The Labute approximate surface area is 130 Å². The van der Waals surface area contributed by atoms with Crippen LogP contribution in [0.15, 0.2) is 45.8 Å². The molecule has 3 nitrogen and oxygen atoms in total. The van der Waals surface area contributed by atoms with E-state index in [9.17, 15) is 12.8 Å². The van der Waals surface area contributed by atoms with Gasteiger partial charge < -0.3 is 0 Å². The summed E-state index contributed by atoms with van der Waals surface area (Å²) in [5.41, 5.74) is 0.585. The third-order valence-electron chi connectivity index (χ3n) is 2.55. The van der Waals surface area contributed by atoms with Crippen molar-refractivity contribution in [2.45, 2.75) is 11.8 Å². The monoisotopic (exact) mass is 377 g/mol. The van der Waals surface area contributed by atoms with E-state index in [-0.39, 0.29) is 15.6 Å². The molecule has 7 heteroatoms. The van der Waals surface area contributed by atoms with Crippen molar-refractivity contribution in [1.29, 1.82) is 0 Å². The molecule has 0 amide bonds. The predicted molar refractivity (Wildman–Crippen MR) is 81.1 cm³/mol. The lowest BCUT2D eigenvalue weighted by Crippen LogP contribution is -2.14. The van der Waals surface area contributed by atoms with Gasteiger partial charge in [0, 0.05) is 4.47 Å². The van der Waals surface area contributed by atoms with Crippen LogP contribution in [-0.2, 0) is 10.0 Å². The van der Waals surface area contributed by atoms with E-state index in [2.05, 4.69) is 20.7 Å². The van der Waals surface area contributed by atoms with Crippen molar-refractivity contribution in [3.05, 3.63) is 57.3 Å². The van der Waals surface area contributed by atoms with Crippen molar-refractivity contribution in [2.75, 3.05) is 4.72 Å². The van der Waals surface area contributed by atoms with E-state index in [0.717, 1.165) is 0 Å². The van der Waals surface area contributed by atoms with Crippen LogP contribution >= 0.6 is 27.5 Å². The highest BCUT2D eigenvalue weighted by Crippen LogP contribution is 2.27. The largest absolute Gasteiger partial charge is 0.277 e. The molecule has 0 saturated heterocycles. The minimum atomic E-state index is -3.94. The van der Waals surface area contributed by atoms with E-state index < -0.39 is 15.8 Å². The molecule has 0 spiro atoms. The minimum Gasteiger partial charge on any atom is -0.277 e. The van der Waals surface area contributed by atoms with Gasteiger partial charge in [0.2, 0.25) is 0 Å². The van der Waals surface area contributed by atoms with Crippen LogP contribution in [0.1, 0.15) is 5.56 Å². The number of rotatable bonds is 3. The van der Waals surface area contributed by atoms with Crippen molar-refractivity contribution in [3.8, 4) is 0 Å². The number of hydrogen-bond donors (Lipinski definition) is 1. The van der Waals surface area contributed by atoms with Crippen LogP contribution in [0.2, 0.25) is 5.02 Å². The van der Waals surface area contributed by atoms with Crippen molar-refractivity contribution < 1.29 is 12.8 Å². The quantitative estimate of drug-likeness (QED) is 0.863. The molecule has 0 aromatic heterocycles. The van der Waals surface area contributed by atoms with Crippen LogP contribution in [0.5, 0.6) is 0 Å². The normalized spacial score (nSPS) is 11.4. The fourth-order valence-electron chi connectivity index (χ4n) is 1.60. The molecular formula is C13H10BrClFNO2S. The molecule has 2 aromatic carbocycles. The average Bonchev–Trinajstić information content (AvgIpc) is 2.32. The van der Waals surface area contributed by atoms with Gasteiger partial charge in [0.25, 0.3) is 10.0 Å². The van der Waals surface area contributed by atoms with Crippen LogP contribution in [0.3, 0.4) is 0 Å². The van der Waals surface area contributed by atoms with Gasteiger partial charge in [-0.1, -0.05) is 33.6 Å². The molecule has 0 atom stereocenters. The Morgan fingerprint density at radius 1 is 1.20 bits per heavy atom. The molecule has 2 aromatic rings. The van der Waals surface area contributed by atoms with Crippen LogP contribution in [0.25, 0.3) is 0 Å². The summed E-state index contributed by atoms with van der Waals surface area (Å²) in [5, 5.41) is 0.0550. The highest BCUT2D eigenvalue weighted by Gasteiger charge is 2.19. The zero-order valence-corrected chi connectivity index (χ0v) is 13.5. The Balaban J connectivity index is 2.41. The Hall–Kier alpha value is -1.11. The molecule has 0 aliphatic heterocycles. The van der Waals surface area contributed by atoms with Gasteiger partial charge in [0.1, 0.15) is 10.7 Å². The molecule has 2 rings (SSSR count). The lowest BCUT2D eigenvalue weighted by molar-refractivity contribution is 0.598. The SMILES string of the molecule is Cc1ccc(NS(=O)(=O)c2ccc(Br)cc2Cl)c(F)c1. The van der Waals surface area contributed by atoms with Crippen LogP contribution in [0, 0.1) is 12.7 Å². The minimum absolute atomic E-state index is 0.0550. The maximum atomic E-state index is 13.7. The Morgan fingerprint density at radius 2 is 1.90 bits per heavy atom. The third-order valence-corrected chi connectivity index (χ3v) is 4.89. The summed E-state index contributed by atoms with van der Waals surface area (Å²) in [6.07, 6.45) is 0. The number of benzene rings is 2. The van der Waals surface area contributed by atoms with Crippen molar-refractivity contribution in [3.63, 3.8) is 0 Å². The second kappa shape index (κ2) is 5.71. The molecule has 20 heavy (non-hydrogen) atoms. The fraction of sp³-hybridized carbons (Fsp3) is 0.0769. The topological polar surface area (TPSA) is 46.2 Å². The summed E-state index contributed by atoms with van der Waals surface area (Å²) >= 11 is 9.09. The van der Waals surface area contributed by atoms with E-state index in [0.29, 0.717) is 10.0 Å². The smallest absolute Gasteiger partial charge is 0.263 e. The first-order valence-electron chi connectivity index (χ1n) is 5.53. The maximum absolute atomic E-state index is 13.7. The van der Waals surface area contributed by atoms with Crippen molar-refractivity contribution in [2.24, 2.45) is 0 Å². The number of aryl methyl sites for hydroxylation is 1. The Kier molecular flexibility index (Phi) is 4.36. The number of nitrogens with one attached hydrogen (secondary N) is 1. The first-order valence-corrected chi connectivity index (χ1v) is 8.19. The van der Waals surface area contributed by atoms with Gasteiger partial charge >= 0.3 is 0 Å². The summed E-state index contributed by atoms with van der Waals surface area (Å²) in [6, 6.07) is 8.59. The first kappa shape index (κ1) is 15.3. The van der Waals surface area contributed by atoms with E-state index in [1.165, 1.54) is 24.3 Å². The summed E-state index contributed by atoms with van der Waals surface area (Å²) in [5.74, 6) is -0.637. The lowest BCUT2D eigenvalue weighted by Gasteiger charge is -2.10. The Bertz CT molecular complexity index is 765. The zero-order valence-electron chi connectivity index (χ0n) is 10.3. The molecule has 106 valence electrons. The van der Waals surface area contributed by atoms with E-state index in [1.54, 1.807) is 19.1 Å². The van der Waals surface area contributed by atoms with Crippen molar-refractivity contribution >= 4 is 43.2 Å². The third kappa shape index (κ3) is 3.31. The van der Waals surface area contributed by atoms with Gasteiger partial charge in [-0.05, 0) is 42.8 Å². The zero-order chi connectivity index (χ0) is 14.9. The summed E-state index contributed by atoms with van der Waals surface area (Å²) in [4.78, 5) is -0.109. The van der Waals surface area contributed by atoms with Crippen LogP contribution < -0.4 is 4.72 Å². The molecule has 0 fully saturated rings. The number of sulfonamides is 1. The molecule has 0 aliphatic carbocycles. The molecular weight excluding hydrogens is 369 g/mol. The fourth-order valence-corrected chi connectivity index (χ4v) is 3.70. The number of hydrogen-bond acceptors (Lipinski definition) is 2. The summed E-state index contributed by atoms with van der Waals surface area (Å²) in [6.45, 7) is 1.72. The van der Waals surface area contributed by atoms with Gasteiger partial charge in [-0.15, -0.1) is 0 Å². The average molecular weight is 379 g/mol. The standard InChI is InChI=1S/C13H10BrClFNO2S/c1-8-2-4-12(11(16)6-8)17-20(18,19)13-5-3-9(14)7-10(13)15/h2-7,17H,1H3. The van der Waals surface area contributed by atoms with Gasteiger partial charge in [-0.25, -0.2) is 12.8 Å². The molecule has 0 saturated carbocycles. The summed E-state index contributed by atoms with van der Waals surface area (Å²) in [7, 11) is -3.94. The highest BCUT2D eigenvalue weighted by molar-refractivity contribution is 9.10.